The van der Waals surface area contributed by atoms with Crippen LogP contribution >= 0.6 is 0 Å². The summed E-state index contributed by atoms with van der Waals surface area (Å²) in [4.78, 5) is 14.8. The van der Waals surface area contributed by atoms with E-state index in [-0.39, 0.29) is 0 Å². The topological polar surface area (TPSA) is 112 Å². The minimum Gasteiger partial charge on any atom is -0.491 e. The summed E-state index contributed by atoms with van der Waals surface area (Å²) in [7, 11) is 0. The second kappa shape index (κ2) is 9.37. The van der Waals surface area contributed by atoms with Gasteiger partial charge >= 0.3 is 0 Å². The molecule has 5 rings (SSSR count). The van der Waals surface area contributed by atoms with Gasteiger partial charge in [-0.2, -0.15) is 9.90 Å². The van der Waals surface area contributed by atoms with Crippen molar-refractivity contribution >= 4 is 22.5 Å². The number of nitrogens with zero attached hydrogens (tertiary/aromatic N) is 6. The molecule has 0 radical (unpaired) electrons. The summed E-state index contributed by atoms with van der Waals surface area (Å²) in [5.74, 6) is 3.09. The highest BCUT2D eigenvalue weighted by atomic mass is 16.5. The third kappa shape index (κ3) is 5.35. The van der Waals surface area contributed by atoms with E-state index in [4.69, 9.17) is 9.47 Å². The Kier molecular flexibility index (Phi) is 5.99. The maximum absolute atomic E-state index is 5.95. The summed E-state index contributed by atoms with van der Waals surface area (Å²) in [6.45, 7) is 5.56. The van der Waals surface area contributed by atoms with Crippen LogP contribution in [0.4, 0.5) is 11.6 Å². The molecule has 4 aromatic rings. The summed E-state index contributed by atoms with van der Waals surface area (Å²) in [5, 5.41) is 16.2. The molecule has 170 valence electrons. The third-order valence-corrected chi connectivity index (χ3v) is 5.09. The van der Waals surface area contributed by atoms with Gasteiger partial charge in [0.05, 0.1) is 24.0 Å². The first-order chi connectivity index (χ1) is 16.1. The molecule has 2 N–H and O–H groups in total. The Bertz CT molecular complexity index is 1220. The van der Waals surface area contributed by atoms with Crippen LogP contribution in [0.2, 0.25) is 0 Å². The maximum atomic E-state index is 5.95. The molecule has 0 aliphatic heterocycles. The van der Waals surface area contributed by atoms with Crippen molar-refractivity contribution < 1.29 is 9.47 Å². The van der Waals surface area contributed by atoms with Gasteiger partial charge in [-0.3, -0.25) is 0 Å². The molecule has 10 nitrogen and oxygen atoms in total. The molecule has 1 aliphatic carbocycles. The van der Waals surface area contributed by atoms with Gasteiger partial charge in [-0.15, -0.1) is 5.10 Å². The largest absolute Gasteiger partial charge is 0.491 e. The SMILES string of the molecule is CC(C)NCCOc1ccc(Oc2ccc3ncnc(Nc4cnn(C5CC5)n4)c3c2)nc1. The molecule has 1 aromatic carbocycles. The summed E-state index contributed by atoms with van der Waals surface area (Å²) < 4.78 is 11.6. The summed E-state index contributed by atoms with van der Waals surface area (Å²) in [5.41, 5.74) is 0.793. The van der Waals surface area contributed by atoms with Crippen molar-refractivity contribution in [2.24, 2.45) is 0 Å². The molecule has 1 aliphatic rings. The van der Waals surface area contributed by atoms with Gasteiger partial charge in [-0.25, -0.2) is 15.0 Å². The van der Waals surface area contributed by atoms with Gasteiger partial charge in [0.25, 0.3) is 0 Å². The Hall–Kier alpha value is -3.79. The van der Waals surface area contributed by atoms with Crippen LogP contribution in [0.15, 0.2) is 49.1 Å². The number of benzene rings is 1. The number of pyridine rings is 1. The standard InChI is InChI=1S/C23H26N8O2/c1-15(2)24-9-10-32-18-6-8-22(25-12-18)33-17-5-7-20-19(11-17)23(27-14-26-20)29-21-13-28-31(30-21)16-3-4-16/h5-8,11-16,24H,3-4,9-10H2,1-2H3,(H,26,27,29,30). The lowest BCUT2D eigenvalue weighted by atomic mass is 10.2. The fraction of sp³-hybridized carbons (Fsp3) is 0.348. The Balaban J connectivity index is 1.27. The minimum absolute atomic E-state index is 0.420. The highest BCUT2D eigenvalue weighted by molar-refractivity contribution is 5.91. The van der Waals surface area contributed by atoms with Gasteiger partial charge in [-0.1, -0.05) is 13.8 Å². The van der Waals surface area contributed by atoms with Gasteiger partial charge < -0.3 is 20.1 Å². The van der Waals surface area contributed by atoms with Crippen LogP contribution in [0.3, 0.4) is 0 Å². The summed E-state index contributed by atoms with van der Waals surface area (Å²) in [6, 6.07) is 10.1. The number of hydrogen-bond donors (Lipinski definition) is 2. The smallest absolute Gasteiger partial charge is 0.219 e. The van der Waals surface area contributed by atoms with E-state index in [1.165, 1.54) is 6.33 Å². The van der Waals surface area contributed by atoms with Crippen LogP contribution < -0.4 is 20.1 Å². The molecule has 1 saturated carbocycles. The molecule has 0 spiro atoms. The van der Waals surface area contributed by atoms with Crippen LogP contribution in [-0.4, -0.2) is 49.1 Å². The fourth-order valence-corrected chi connectivity index (χ4v) is 3.28. The first kappa shape index (κ1) is 21.1. The number of rotatable bonds is 10. The summed E-state index contributed by atoms with van der Waals surface area (Å²) >= 11 is 0. The van der Waals surface area contributed by atoms with E-state index in [2.05, 4.69) is 49.6 Å². The number of aromatic nitrogens is 6. The van der Waals surface area contributed by atoms with Crippen molar-refractivity contribution in [3.05, 3.63) is 49.1 Å². The van der Waals surface area contributed by atoms with Crippen LogP contribution in [0.25, 0.3) is 10.9 Å². The van der Waals surface area contributed by atoms with E-state index in [0.29, 0.717) is 47.7 Å². The molecule has 0 amide bonds. The van der Waals surface area contributed by atoms with Gasteiger partial charge in [0, 0.05) is 24.0 Å². The molecule has 0 atom stereocenters. The van der Waals surface area contributed by atoms with Gasteiger partial charge in [0.2, 0.25) is 5.88 Å². The maximum Gasteiger partial charge on any atom is 0.219 e. The zero-order valence-corrected chi connectivity index (χ0v) is 18.6. The number of fused-ring (bicyclic) bond motifs is 1. The highest BCUT2D eigenvalue weighted by Crippen LogP contribution is 2.34. The highest BCUT2D eigenvalue weighted by Gasteiger charge is 2.25. The van der Waals surface area contributed by atoms with Crippen molar-refractivity contribution in [2.75, 3.05) is 18.5 Å². The van der Waals surface area contributed by atoms with Crippen LogP contribution in [0.1, 0.15) is 32.7 Å². The van der Waals surface area contributed by atoms with Crippen molar-refractivity contribution in [3.63, 3.8) is 0 Å². The van der Waals surface area contributed by atoms with Gasteiger partial charge in [-0.05, 0) is 37.1 Å². The van der Waals surface area contributed by atoms with E-state index in [1.807, 2.05) is 24.3 Å². The monoisotopic (exact) mass is 446 g/mol. The first-order valence-electron chi connectivity index (χ1n) is 11.1. The molecule has 1 fully saturated rings. The number of ether oxygens (including phenoxy) is 2. The van der Waals surface area contributed by atoms with Crippen molar-refractivity contribution in [1.82, 2.24) is 35.3 Å². The number of nitrogens with one attached hydrogen (secondary N) is 2. The number of anilines is 2. The fourth-order valence-electron chi connectivity index (χ4n) is 3.28. The molecule has 3 heterocycles. The Morgan fingerprint density at radius 1 is 1.06 bits per heavy atom. The zero-order chi connectivity index (χ0) is 22.6. The lowest BCUT2D eigenvalue weighted by Crippen LogP contribution is -2.27. The van der Waals surface area contributed by atoms with E-state index in [1.54, 1.807) is 23.3 Å². The average Bonchev–Trinajstić information content (AvgIpc) is 3.57. The lowest BCUT2D eigenvalue weighted by molar-refractivity contribution is 0.307. The summed E-state index contributed by atoms with van der Waals surface area (Å²) in [6.07, 6.45) is 7.14. The minimum atomic E-state index is 0.420. The first-order valence-corrected chi connectivity index (χ1v) is 11.1. The Morgan fingerprint density at radius 2 is 1.94 bits per heavy atom. The molecular weight excluding hydrogens is 420 g/mol. The van der Waals surface area contributed by atoms with Gasteiger partial charge in [0.15, 0.2) is 5.82 Å². The predicted octanol–water partition coefficient (Wildman–Crippen LogP) is 3.86. The van der Waals surface area contributed by atoms with Crippen molar-refractivity contribution in [3.8, 4) is 17.4 Å². The average molecular weight is 447 g/mol. The van der Waals surface area contributed by atoms with E-state index < -0.39 is 0 Å². The Labute approximate surface area is 191 Å². The zero-order valence-electron chi connectivity index (χ0n) is 18.6. The molecule has 3 aromatic heterocycles. The second-order valence-corrected chi connectivity index (χ2v) is 8.20. The third-order valence-electron chi connectivity index (χ3n) is 5.09. The molecule has 0 saturated heterocycles. The van der Waals surface area contributed by atoms with Crippen LogP contribution in [0, 0.1) is 0 Å². The van der Waals surface area contributed by atoms with Crippen molar-refractivity contribution in [2.45, 2.75) is 38.8 Å². The second-order valence-electron chi connectivity index (χ2n) is 8.20. The number of hydrogen-bond acceptors (Lipinski definition) is 9. The van der Waals surface area contributed by atoms with E-state index in [0.717, 1.165) is 30.3 Å². The molecule has 0 bridgehead atoms. The molecule has 0 unspecified atom stereocenters. The van der Waals surface area contributed by atoms with E-state index >= 15 is 0 Å². The lowest BCUT2D eigenvalue weighted by Gasteiger charge is -2.11. The predicted molar refractivity (Wildman–Crippen MR) is 124 cm³/mol. The molecular formula is C23H26N8O2. The quantitative estimate of drug-likeness (QED) is 0.351. The molecule has 33 heavy (non-hydrogen) atoms. The van der Waals surface area contributed by atoms with Crippen molar-refractivity contribution in [1.29, 1.82) is 0 Å². The van der Waals surface area contributed by atoms with Gasteiger partial charge in [0.1, 0.15) is 30.3 Å². The van der Waals surface area contributed by atoms with Crippen LogP contribution in [0.5, 0.6) is 17.4 Å². The Morgan fingerprint density at radius 3 is 2.73 bits per heavy atom. The van der Waals surface area contributed by atoms with E-state index in [9.17, 15) is 0 Å². The van der Waals surface area contributed by atoms with Crippen LogP contribution in [-0.2, 0) is 0 Å². The normalized spacial score (nSPS) is 13.4. The molecule has 10 heteroatoms.